The maximum Gasteiger partial charge on any atom is 0.0214 e. The lowest BCUT2D eigenvalue weighted by Gasteiger charge is -2.14. The Morgan fingerprint density at radius 3 is 2.58 bits per heavy atom. The predicted molar refractivity (Wildman–Crippen MR) is 86.3 cm³/mol. The number of hydrogen-bond donors (Lipinski definition) is 1. The van der Waals surface area contributed by atoms with Crippen LogP contribution < -0.4 is 5.32 Å². The van der Waals surface area contributed by atoms with E-state index in [9.17, 15) is 0 Å². The van der Waals surface area contributed by atoms with Gasteiger partial charge in [-0.15, -0.1) is 0 Å². The van der Waals surface area contributed by atoms with Crippen LogP contribution in [0.3, 0.4) is 0 Å². The highest BCUT2D eigenvalue weighted by Crippen LogP contribution is 2.27. The van der Waals surface area contributed by atoms with Crippen molar-refractivity contribution >= 4 is 15.9 Å². The van der Waals surface area contributed by atoms with Gasteiger partial charge in [0.05, 0.1) is 0 Å². The molecule has 0 saturated carbocycles. The van der Waals surface area contributed by atoms with Gasteiger partial charge < -0.3 is 5.32 Å². The maximum atomic E-state index is 3.55. The minimum absolute atomic E-state index is 0.497. The van der Waals surface area contributed by atoms with E-state index in [2.05, 4.69) is 84.5 Å². The van der Waals surface area contributed by atoms with Crippen LogP contribution in [0.15, 0.2) is 46.9 Å². The highest BCUT2D eigenvalue weighted by molar-refractivity contribution is 9.10. The van der Waals surface area contributed by atoms with E-state index in [1.165, 1.54) is 22.3 Å². The van der Waals surface area contributed by atoms with Crippen molar-refractivity contribution in [3.63, 3.8) is 0 Å². The summed E-state index contributed by atoms with van der Waals surface area (Å²) in [4.78, 5) is 0. The summed E-state index contributed by atoms with van der Waals surface area (Å²) < 4.78 is 1.12. The molecule has 100 valence electrons. The van der Waals surface area contributed by atoms with Crippen molar-refractivity contribution in [2.75, 3.05) is 0 Å². The Kier molecular flexibility index (Phi) is 4.78. The van der Waals surface area contributed by atoms with E-state index >= 15 is 0 Å². The van der Waals surface area contributed by atoms with Gasteiger partial charge in [0.15, 0.2) is 0 Å². The summed E-state index contributed by atoms with van der Waals surface area (Å²) in [5.41, 5.74) is 5.22. The van der Waals surface area contributed by atoms with Gasteiger partial charge >= 0.3 is 0 Å². The van der Waals surface area contributed by atoms with E-state index in [1.54, 1.807) is 0 Å². The van der Waals surface area contributed by atoms with Gasteiger partial charge in [-0.25, -0.2) is 0 Å². The molecule has 0 unspecified atom stereocenters. The molecule has 2 aromatic rings. The fraction of sp³-hybridized carbons (Fsp3) is 0.294. The highest BCUT2D eigenvalue weighted by Gasteiger charge is 2.06. The number of aryl methyl sites for hydroxylation is 1. The third kappa shape index (κ3) is 3.92. The minimum atomic E-state index is 0.497. The normalized spacial score (nSPS) is 11.0. The molecule has 19 heavy (non-hydrogen) atoms. The monoisotopic (exact) mass is 317 g/mol. The van der Waals surface area contributed by atoms with Gasteiger partial charge in [-0.2, -0.15) is 0 Å². The van der Waals surface area contributed by atoms with Gasteiger partial charge in [0.25, 0.3) is 0 Å². The zero-order valence-electron chi connectivity index (χ0n) is 11.7. The summed E-state index contributed by atoms with van der Waals surface area (Å²) in [6.45, 7) is 7.39. The van der Waals surface area contributed by atoms with Gasteiger partial charge in [-0.1, -0.05) is 65.7 Å². The van der Waals surface area contributed by atoms with Crippen molar-refractivity contribution in [1.82, 2.24) is 5.32 Å². The molecule has 0 atom stereocenters. The maximum absolute atomic E-state index is 3.55. The summed E-state index contributed by atoms with van der Waals surface area (Å²) in [6.07, 6.45) is 0. The summed E-state index contributed by atoms with van der Waals surface area (Å²) in [5.74, 6) is 0. The fourth-order valence-electron chi connectivity index (χ4n) is 2.08. The molecular weight excluding hydrogens is 298 g/mol. The zero-order chi connectivity index (χ0) is 13.8. The molecule has 2 aromatic carbocycles. The number of nitrogens with one attached hydrogen (secondary N) is 1. The number of halogens is 1. The summed E-state index contributed by atoms with van der Waals surface area (Å²) >= 11 is 3.55. The standard InChI is InChI=1S/C17H20BrN/c1-12(2)19-11-15-8-7-13(3)9-17(15)14-5-4-6-16(18)10-14/h4-10,12,19H,11H2,1-3H3. The third-order valence-corrected chi connectivity index (χ3v) is 3.60. The molecule has 0 heterocycles. The van der Waals surface area contributed by atoms with Crippen molar-refractivity contribution in [2.45, 2.75) is 33.4 Å². The Hall–Kier alpha value is -1.12. The molecule has 0 amide bonds. The Bertz CT molecular complexity index is 561. The van der Waals surface area contributed by atoms with Crippen LogP contribution in [0, 0.1) is 6.92 Å². The highest BCUT2D eigenvalue weighted by atomic mass is 79.9. The molecule has 2 heteroatoms. The topological polar surface area (TPSA) is 12.0 Å². The summed E-state index contributed by atoms with van der Waals surface area (Å²) in [5, 5.41) is 3.49. The van der Waals surface area contributed by atoms with Crippen molar-refractivity contribution in [1.29, 1.82) is 0 Å². The van der Waals surface area contributed by atoms with E-state index in [1.807, 2.05) is 0 Å². The van der Waals surface area contributed by atoms with Crippen molar-refractivity contribution in [2.24, 2.45) is 0 Å². The molecular formula is C17H20BrN. The summed E-state index contributed by atoms with van der Waals surface area (Å²) in [6, 6.07) is 15.6. The second kappa shape index (κ2) is 6.36. The van der Waals surface area contributed by atoms with Crippen LogP contribution in [-0.2, 0) is 6.54 Å². The smallest absolute Gasteiger partial charge is 0.0214 e. The molecule has 1 N–H and O–H groups in total. The van der Waals surface area contributed by atoms with Gasteiger partial charge in [-0.05, 0) is 35.7 Å². The van der Waals surface area contributed by atoms with Crippen LogP contribution in [0.2, 0.25) is 0 Å². The average Bonchev–Trinajstić information content (AvgIpc) is 2.37. The Morgan fingerprint density at radius 1 is 1.11 bits per heavy atom. The second-order valence-electron chi connectivity index (χ2n) is 5.21. The second-order valence-corrected chi connectivity index (χ2v) is 6.12. The molecule has 0 aromatic heterocycles. The lowest BCUT2D eigenvalue weighted by Crippen LogP contribution is -2.22. The fourth-order valence-corrected chi connectivity index (χ4v) is 2.48. The third-order valence-electron chi connectivity index (χ3n) is 3.10. The van der Waals surface area contributed by atoms with E-state index in [0.29, 0.717) is 6.04 Å². The number of hydrogen-bond acceptors (Lipinski definition) is 1. The first-order valence-corrected chi connectivity index (χ1v) is 7.44. The average molecular weight is 318 g/mol. The molecule has 0 spiro atoms. The quantitative estimate of drug-likeness (QED) is 0.843. The van der Waals surface area contributed by atoms with Gasteiger partial charge in [-0.3, -0.25) is 0 Å². The lowest BCUT2D eigenvalue weighted by molar-refractivity contribution is 0.589. The molecule has 2 rings (SSSR count). The molecule has 0 aliphatic carbocycles. The van der Waals surface area contributed by atoms with Crippen LogP contribution in [0.5, 0.6) is 0 Å². The lowest BCUT2D eigenvalue weighted by atomic mass is 9.97. The Labute approximate surface area is 124 Å². The summed E-state index contributed by atoms with van der Waals surface area (Å²) in [7, 11) is 0. The molecule has 0 bridgehead atoms. The predicted octanol–water partition coefficient (Wildman–Crippen LogP) is 4.92. The molecule has 1 nitrogen and oxygen atoms in total. The van der Waals surface area contributed by atoms with E-state index < -0.39 is 0 Å². The van der Waals surface area contributed by atoms with E-state index in [0.717, 1.165) is 11.0 Å². The molecule has 0 radical (unpaired) electrons. The van der Waals surface area contributed by atoms with E-state index in [4.69, 9.17) is 0 Å². The van der Waals surface area contributed by atoms with Crippen molar-refractivity contribution in [3.8, 4) is 11.1 Å². The van der Waals surface area contributed by atoms with Crippen LogP contribution in [0.1, 0.15) is 25.0 Å². The zero-order valence-corrected chi connectivity index (χ0v) is 13.3. The molecule has 0 fully saturated rings. The minimum Gasteiger partial charge on any atom is -0.310 e. The largest absolute Gasteiger partial charge is 0.310 e. The SMILES string of the molecule is Cc1ccc(CNC(C)C)c(-c2cccc(Br)c2)c1. The van der Waals surface area contributed by atoms with Crippen LogP contribution in [0.25, 0.3) is 11.1 Å². The van der Waals surface area contributed by atoms with Crippen molar-refractivity contribution in [3.05, 3.63) is 58.1 Å². The van der Waals surface area contributed by atoms with E-state index in [-0.39, 0.29) is 0 Å². The number of benzene rings is 2. The van der Waals surface area contributed by atoms with Crippen LogP contribution in [-0.4, -0.2) is 6.04 Å². The van der Waals surface area contributed by atoms with Crippen LogP contribution in [0.4, 0.5) is 0 Å². The Balaban J connectivity index is 2.39. The first-order valence-electron chi connectivity index (χ1n) is 6.65. The van der Waals surface area contributed by atoms with Gasteiger partial charge in [0.2, 0.25) is 0 Å². The first kappa shape index (κ1) is 14.3. The number of rotatable bonds is 4. The van der Waals surface area contributed by atoms with Gasteiger partial charge in [0.1, 0.15) is 0 Å². The molecule has 0 aliphatic heterocycles. The molecule has 0 saturated heterocycles. The van der Waals surface area contributed by atoms with Gasteiger partial charge in [0, 0.05) is 17.1 Å². The first-order chi connectivity index (χ1) is 9.06. The Morgan fingerprint density at radius 2 is 1.89 bits per heavy atom. The van der Waals surface area contributed by atoms with Crippen LogP contribution >= 0.6 is 15.9 Å². The van der Waals surface area contributed by atoms with Crippen molar-refractivity contribution < 1.29 is 0 Å². The molecule has 0 aliphatic rings.